The van der Waals surface area contributed by atoms with E-state index in [1.54, 1.807) is 0 Å². The molecule has 0 aliphatic rings. The van der Waals surface area contributed by atoms with E-state index >= 15 is 0 Å². The Bertz CT molecular complexity index is 310. The zero-order valence-electron chi connectivity index (χ0n) is 10.6. The maximum atomic E-state index is 11.5. The van der Waals surface area contributed by atoms with Crippen molar-refractivity contribution in [3.8, 4) is 0 Å². The molecule has 0 radical (unpaired) electrons. The largest absolute Gasteiger partial charge is 0.478 e. The van der Waals surface area contributed by atoms with E-state index in [2.05, 4.69) is 5.32 Å². The summed E-state index contributed by atoms with van der Waals surface area (Å²) in [6.45, 7) is 5.47. The number of aliphatic carboxylic acids is 1. The predicted molar refractivity (Wildman–Crippen MR) is 64.5 cm³/mol. The molecule has 1 atom stereocenters. The topological polar surface area (TPSA) is 86.6 Å². The van der Waals surface area contributed by atoms with Crippen LogP contribution in [-0.4, -0.2) is 35.2 Å². The maximum Gasteiger partial charge on any atom is 0.331 e. The van der Waals surface area contributed by atoms with Crippen molar-refractivity contribution in [2.24, 2.45) is 5.92 Å². The number of carbonyl (C=O) groups excluding carboxylic acids is 1. The first-order valence-corrected chi connectivity index (χ1v) is 5.70. The SMILES string of the molecule is CC(C(=O)O)=C(C)C(=O)NCCCC(C)CO. The number of carbonyl (C=O) groups is 2. The van der Waals surface area contributed by atoms with E-state index in [1.807, 2.05) is 6.92 Å². The van der Waals surface area contributed by atoms with Crippen LogP contribution in [0.1, 0.15) is 33.6 Å². The van der Waals surface area contributed by atoms with Crippen LogP contribution in [-0.2, 0) is 9.59 Å². The van der Waals surface area contributed by atoms with Crippen LogP contribution in [0.25, 0.3) is 0 Å². The van der Waals surface area contributed by atoms with Gasteiger partial charge in [-0.1, -0.05) is 6.92 Å². The Morgan fingerprint density at radius 3 is 2.29 bits per heavy atom. The van der Waals surface area contributed by atoms with Crippen molar-refractivity contribution in [2.75, 3.05) is 13.2 Å². The molecule has 0 aromatic carbocycles. The Hall–Kier alpha value is -1.36. The average Bonchev–Trinajstić information content (AvgIpc) is 2.31. The smallest absolute Gasteiger partial charge is 0.331 e. The number of amides is 1. The summed E-state index contributed by atoms with van der Waals surface area (Å²) in [5.74, 6) is -1.20. The normalized spacial score (nSPS) is 13.9. The third-order valence-corrected chi connectivity index (χ3v) is 2.69. The third-order valence-electron chi connectivity index (χ3n) is 2.69. The Morgan fingerprint density at radius 1 is 1.24 bits per heavy atom. The highest BCUT2D eigenvalue weighted by Crippen LogP contribution is 2.05. The molecule has 0 heterocycles. The summed E-state index contributed by atoms with van der Waals surface area (Å²) in [4.78, 5) is 22.2. The van der Waals surface area contributed by atoms with Crippen molar-refractivity contribution < 1.29 is 19.8 Å². The maximum absolute atomic E-state index is 11.5. The van der Waals surface area contributed by atoms with Gasteiger partial charge >= 0.3 is 5.97 Å². The highest BCUT2D eigenvalue weighted by molar-refractivity contribution is 6.01. The fraction of sp³-hybridized carbons (Fsp3) is 0.667. The van der Waals surface area contributed by atoms with Gasteiger partial charge in [0.15, 0.2) is 0 Å². The second kappa shape index (κ2) is 7.84. The molecule has 5 nitrogen and oxygen atoms in total. The van der Waals surface area contributed by atoms with Crippen LogP contribution in [0.4, 0.5) is 0 Å². The molecule has 0 aliphatic heterocycles. The van der Waals surface area contributed by atoms with E-state index in [0.29, 0.717) is 6.54 Å². The first kappa shape index (κ1) is 15.6. The highest BCUT2D eigenvalue weighted by Gasteiger charge is 2.11. The van der Waals surface area contributed by atoms with E-state index in [0.717, 1.165) is 12.8 Å². The number of hydrogen-bond donors (Lipinski definition) is 3. The van der Waals surface area contributed by atoms with Gasteiger partial charge < -0.3 is 15.5 Å². The lowest BCUT2D eigenvalue weighted by atomic mass is 10.1. The van der Waals surface area contributed by atoms with E-state index in [4.69, 9.17) is 10.2 Å². The summed E-state index contributed by atoms with van der Waals surface area (Å²) in [5.41, 5.74) is 0.291. The quantitative estimate of drug-likeness (QED) is 0.458. The number of aliphatic hydroxyl groups excluding tert-OH is 1. The Kier molecular flexibility index (Phi) is 7.21. The van der Waals surface area contributed by atoms with Crippen LogP contribution >= 0.6 is 0 Å². The summed E-state index contributed by atoms with van der Waals surface area (Å²) >= 11 is 0. The Balaban J connectivity index is 4.03. The molecule has 1 unspecified atom stereocenters. The third kappa shape index (κ3) is 6.06. The molecular formula is C12H21NO4. The monoisotopic (exact) mass is 243 g/mol. The van der Waals surface area contributed by atoms with Crippen LogP contribution in [0.3, 0.4) is 0 Å². The summed E-state index contributed by atoms with van der Waals surface area (Å²) in [6.07, 6.45) is 1.60. The van der Waals surface area contributed by atoms with Gasteiger partial charge in [0.25, 0.3) is 0 Å². The molecule has 17 heavy (non-hydrogen) atoms. The molecule has 0 saturated carbocycles. The fourth-order valence-corrected chi connectivity index (χ4v) is 1.21. The van der Waals surface area contributed by atoms with Gasteiger partial charge in [-0.25, -0.2) is 4.79 Å². The van der Waals surface area contributed by atoms with E-state index in [-0.39, 0.29) is 29.6 Å². The Morgan fingerprint density at radius 2 is 1.82 bits per heavy atom. The molecule has 0 fully saturated rings. The molecule has 5 heteroatoms. The van der Waals surface area contributed by atoms with Gasteiger partial charge in [-0.05, 0) is 32.6 Å². The van der Waals surface area contributed by atoms with Crippen molar-refractivity contribution in [1.29, 1.82) is 0 Å². The number of rotatable bonds is 7. The van der Waals surface area contributed by atoms with E-state index < -0.39 is 5.97 Å². The molecular weight excluding hydrogens is 222 g/mol. The van der Waals surface area contributed by atoms with Crippen LogP contribution in [0.2, 0.25) is 0 Å². The molecule has 0 aromatic rings. The van der Waals surface area contributed by atoms with Crippen molar-refractivity contribution in [1.82, 2.24) is 5.32 Å². The lowest BCUT2D eigenvalue weighted by molar-refractivity contribution is -0.133. The van der Waals surface area contributed by atoms with Crippen LogP contribution in [0.15, 0.2) is 11.1 Å². The molecule has 0 aromatic heterocycles. The summed E-state index contributed by atoms with van der Waals surface area (Å²) in [7, 11) is 0. The number of nitrogens with one attached hydrogen (secondary N) is 1. The molecule has 3 N–H and O–H groups in total. The summed E-state index contributed by atoms with van der Waals surface area (Å²) in [6, 6.07) is 0. The zero-order valence-corrected chi connectivity index (χ0v) is 10.6. The zero-order chi connectivity index (χ0) is 13.4. The molecule has 1 amide bonds. The van der Waals surface area contributed by atoms with Gasteiger partial charge in [-0.3, -0.25) is 4.79 Å². The van der Waals surface area contributed by atoms with Gasteiger partial charge in [0.05, 0.1) is 0 Å². The summed E-state index contributed by atoms with van der Waals surface area (Å²) < 4.78 is 0. The van der Waals surface area contributed by atoms with Gasteiger partial charge in [-0.2, -0.15) is 0 Å². The minimum absolute atomic E-state index is 0.0613. The Labute approximate surface area is 102 Å². The lowest BCUT2D eigenvalue weighted by Crippen LogP contribution is -2.27. The minimum atomic E-state index is -1.08. The average molecular weight is 243 g/mol. The first-order chi connectivity index (χ1) is 7.90. The number of hydrogen-bond acceptors (Lipinski definition) is 3. The van der Waals surface area contributed by atoms with Gasteiger partial charge in [0.1, 0.15) is 0 Å². The van der Waals surface area contributed by atoms with Crippen LogP contribution in [0, 0.1) is 5.92 Å². The molecule has 0 rings (SSSR count). The van der Waals surface area contributed by atoms with Gasteiger partial charge in [-0.15, -0.1) is 0 Å². The lowest BCUT2D eigenvalue weighted by Gasteiger charge is -2.09. The first-order valence-electron chi connectivity index (χ1n) is 5.70. The molecule has 0 saturated heterocycles. The fourth-order valence-electron chi connectivity index (χ4n) is 1.21. The number of aliphatic hydroxyl groups is 1. The van der Waals surface area contributed by atoms with Gasteiger partial charge in [0, 0.05) is 24.3 Å². The van der Waals surface area contributed by atoms with Crippen LogP contribution in [0.5, 0.6) is 0 Å². The van der Waals surface area contributed by atoms with Gasteiger partial charge in [0.2, 0.25) is 5.91 Å². The second-order valence-corrected chi connectivity index (χ2v) is 4.24. The minimum Gasteiger partial charge on any atom is -0.478 e. The van der Waals surface area contributed by atoms with Crippen molar-refractivity contribution in [2.45, 2.75) is 33.6 Å². The second-order valence-electron chi connectivity index (χ2n) is 4.24. The predicted octanol–water partition coefficient (Wildman–Crippen LogP) is 0.932. The van der Waals surface area contributed by atoms with E-state index in [9.17, 15) is 9.59 Å². The van der Waals surface area contributed by atoms with E-state index in [1.165, 1.54) is 13.8 Å². The summed E-state index contributed by atoms with van der Waals surface area (Å²) in [5, 5.41) is 20.2. The standard InChI is InChI=1S/C12H21NO4/c1-8(7-14)5-4-6-13-11(15)9(2)10(3)12(16)17/h8,14H,4-7H2,1-3H3,(H,13,15)(H,16,17). The van der Waals surface area contributed by atoms with Crippen molar-refractivity contribution >= 4 is 11.9 Å². The van der Waals surface area contributed by atoms with Crippen molar-refractivity contribution in [3.63, 3.8) is 0 Å². The molecule has 0 spiro atoms. The molecule has 0 aliphatic carbocycles. The van der Waals surface area contributed by atoms with Crippen LogP contribution < -0.4 is 5.32 Å². The molecule has 98 valence electrons. The number of carboxylic acid groups (broad SMARTS) is 1. The van der Waals surface area contributed by atoms with Crippen molar-refractivity contribution in [3.05, 3.63) is 11.1 Å². The molecule has 0 bridgehead atoms. The number of carboxylic acids is 1. The highest BCUT2D eigenvalue weighted by atomic mass is 16.4.